The van der Waals surface area contributed by atoms with Crippen LogP contribution in [0.2, 0.25) is 5.02 Å². The van der Waals surface area contributed by atoms with Gasteiger partial charge in [0, 0.05) is 6.54 Å². The quantitative estimate of drug-likeness (QED) is 0.438. The molecule has 3 nitrogen and oxygen atoms in total. The van der Waals surface area contributed by atoms with Crippen LogP contribution >= 0.6 is 11.6 Å². The molecule has 0 aromatic heterocycles. The van der Waals surface area contributed by atoms with Gasteiger partial charge in [-0.2, -0.15) is 13.2 Å². The number of ether oxygens (including phenoxy) is 1. The molecule has 2 rings (SSSR count). The van der Waals surface area contributed by atoms with Gasteiger partial charge in [0.15, 0.2) is 0 Å². The molecule has 0 atom stereocenters. The number of benzene rings is 2. The van der Waals surface area contributed by atoms with Gasteiger partial charge in [0.1, 0.15) is 5.75 Å². The SMILES string of the molecule is COc1ccc(CCCCN(C)CCc2cc(Cl)c(N)c(C(F)(F)F)c2)cc1. The minimum absolute atomic E-state index is 0.0491. The van der Waals surface area contributed by atoms with Crippen LogP contribution < -0.4 is 10.5 Å². The molecule has 0 saturated carbocycles. The molecule has 0 fully saturated rings. The lowest BCUT2D eigenvalue weighted by Crippen LogP contribution is -2.22. The summed E-state index contributed by atoms with van der Waals surface area (Å²) in [5, 5.41) is -0.0491. The number of nitrogens with two attached hydrogens (primary N) is 1. The second kappa shape index (κ2) is 10.0. The molecular weight excluding hydrogens is 389 g/mol. The van der Waals surface area contributed by atoms with Crippen molar-refractivity contribution in [2.75, 3.05) is 33.0 Å². The highest BCUT2D eigenvalue weighted by Crippen LogP contribution is 2.37. The first-order valence-corrected chi connectivity index (χ1v) is 9.55. The van der Waals surface area contributed by atoms with Crippen molar-refractivity contribution in [2.45, 2.75) is 31.9 Å². The summed E-state index contributed by atoms with van der Waals surface area (Å²) in [4.78, 5) is 2.12. The van der Waals surface area contributed by atoms with Gasteiger partial charge >= 0.3 is 6.18 Å². The summed E-state index contributed by atoms with van der Waals surface area (Å²) in [5.74, 6) is 0.847. The van der Waals surface area contributed by atoms with Crippen molar-refractivity contribution >= 4 is 17.3 Å². The van der Waals surface area contributed by atoms with Crippen LogP contribution in [-0.2, 0) is 19.0 Å². The minimum Gasteiger partial charge on any atom is -0.497 e. The van der Waals surface area contributed by atoms with Gasteiger partial charge in [0.25, 0.3) is 0 Å². The van der Waals surface area contributed by atoms with Gasteiger partial charge in [-0.1, -0.05) is 23.7 Å². The highest BCUT2D eigenvalue weighted by Gasteiger charge is 2.34. The van der Waals surface area contributed by atoms with Crippen LogP contribution in [0.3, 0.4) is 0 Å². The molecule has 0 spiro atoms. The molecule has 0 aliphatic heterocycles. The summed E-state index contributed by atoms with van der Waals surface area (Å²) in [5.41, 5.74) is 6.00. The van der Waals surface area contributed by atoms with Crippen LogP contribution in [0.1, 0.15) is 29.5 Å². The van der Waals surface area contributed by atoms with Gasteiger partial charge in [0.2, 0.25) is 0 Å². The summed E-state index contributed by atoms with van der Waals surface area (Å²) in [6.07, 6.45) is -0.975. The van der Waals surface area contributed by atoms with E-state index in [0.717, 1.165) is 37.6 Å². The smallest absolute Gasteiger partial charge is 0.418 e. The predicted molar refractivity (Wildman–Crippen MR) is 108 cm³/mol. The molecule has 2 N–H and O–H groups in total. The number of unbranched alkanes of at least 4 members (excludes halogenated alkanes) is 1. The summed E-state index contributed by atoms with van der Waals surface area (Å²) < 4.78 is 44.3. The normalized spacial score (nSPS) is 11.8. The Kier molecular flexibility index (Phi) is 8.01. The predicted octanol–water partition coefficient (Wildman–Crippen LogP) is 5.45. The zero-order valence-corrected chi connectivity index (χ0v) is 16.9. The average Bonchev–Trinajstić information content (AvgIpc) is 2.65. The molecule has 0 aliphatic carbocycles. The topological polar surface area (TPSA) is 38.5 Å². The van der Waals surface area contributed by atoms with Crippen molar-refractivity contribution in [1.29, 1.82) is 0 Å². The Morgan fingerprint density at radius 3 is 2.29 bits per heavy atom. The van der Waals surface area contributed by atoms with E-state index in [1.54, 1.807) is 7.11 Å². The fourth-order valence-electron chi connectivity index (χ4n) is 2.99. The zero-order chi connectivity index (χ0) is 20.7. The number of nitrogens with zero attached hydrogens (tertiary/aromatic N) is 1. The Morgan fingerprint density at radius 2 is 1.68 bits per heavy atom. The van der Waals surface area contributed by atoms with Crippen LogP contribution in [0.5, 0.6) is 5.75 Å². The van der Waals surface area contributed by atoms with Crippen molar-refractivity contribution in [2.24, 2.45) is 0 Å². The molecular formula is C21H26ClF3N2O. The number of methoxy groups -OCH3 is 1. The number of hydrogen-bond acceptors (Lipinski definition) is 3. The molecule has 0 heterocycles. The molecule has 2 aromatic carbocycles. The molecule has 0 saturated heterocycles. The fourth-order valence-corrected chi connectivity index (χ4v) is 3.23. The largest absolute Gasteiger partial charge is 0.497 e. The second-order valence-corrected chi connectivity index (χ2v) is 7.30. The van der Waals surface area contributed by atoms with E-state index in [1.165, 1.54) is 11.6 Å². The summed E-state index contributed by atoms with van der Waals surface area (Å²) in [7, 11) is 3.62. The molecule has 154 valence electrons. The molecule has 0 aliphatic rings. The van der Waals surface area contributed by atoms with Crippen molar-refractivity contribution in [3.05, 3.63) is 58.1 Å². The number of alkyl halides is 3. The number of anilines is 1. The van der Waals surface area contributed by atoms with Crippen LogP contribution in [0, 0.1) is 0 Å². The summed E-state index contributed by atoms with van der Waals surface area (Å²) >= 11 is 5.87. The third-order valence-corrected chi connectivity index (χ3v) is 5.00. The third kappa shape index (κ3) is 6.60. The Balaban J connectivity index is 1.77. The number of nitrogen functional groups attached to an aromatic ring is 1. The standard InChI is InChI=1S/C21H26ClF3N2O/c1-27(11-4-3-5-15-6-8-17(28-2)9-7-15)12-10-16-13-18(21(23,24)25)20(26)19(22)14-16/h6-9,13-14H,3-5,10-12,26H2,1-2H3. The lowest BCUT2D eigenvalue weighted by Gasteiger charge is -2.18. The highest BCUT2D eigenvalue weighted by molar-refractivity contribution is 6.33. The molecule has 0 radical (unpaired) electrons. The highest BCUT2D eigenvalue weighted by atomic mass is 35.5. The second-order valence-electron chi connectivity index (χ2n) is 6.90. The summed E-state index contributed by atoms with van der Waals surface area (Å²) in [6, 6.07) is 10.6. The van der Waals surface area contributed by atoms with Gasteiger partial charge in [-0.3, -0.25) is 0 Å². The van der Waals surface area contributed by atoms with Gasteiger partial charge in [-0.25, -0.2) is 0 Å². The fraction of sp³-hybridized carbons (Fsp3) is 0.429. The van der Waals surface area contributed by atoms with Crippen LogP contribution in [0.25, 0.3) is 0 Å². The third-order valence-electron chi connectivity index (χ3n) is 4.69. The lowest BCUT2D eigenvalue weighted by atomic mass is 10.1. The summed E-state index contributed by atoms with van der Waals surface area (Å²) in [6.45, 7) is 1.53. The van der Waals surface area contributed by atoms with Gasteiger partial charge in [-0.05, 0) is 74.7 Å². The maximum atomic E-state index is 13.0. The van der Waals surface area contributed by atoms with Crippen molar-refractivity contribution in [1.82, 2.24) is 4.90 Å². The number of aryl methyl sites for hydroxylation is 1. The van der Waals surface area contributed by atoms with Crippen molar-refractivity contribution < 1.29 is 17.9 Å². The van der Waals surface area contributed by atoms with E-state index in [9.17, 15) is 13.2 Å². The average molecular weight is 415 g/mol. The maximum Gasteiger partial charge on any atom is 0.418 e. The monoisotopic (exact) mass is 414 g/mol. The van der Waals surface area contributed by atoms with E-state index < -0.39 is 17.4 Å². The zero-order valence-electron chi connectivity index (χ0n) is 16.2. The van der Waals surface area contributed by atoms with E-state index in [1.807, 2.05) is 19.2 Å². The molecule has 0 bridgehead atoms. The maximum absolute atomic E-state index is 13.0. The van der Waals surface area contributed by atoms with Gasteiger partial charge in [0.05, 0.1) is 23.4 Å². The van der Waals surface area contributed by atoms with Gasteiger partial charge < -0.3 is 15.4 Å². The van der Waals surface area contributed by atoms with Crippen LogP contribution in [-0.4, -0.2) is 32.1 Å². The van der Waals surface area contributed by atoms with E-state index in [0.29, 0.717) is 18.5 Å². The first-order valence-electron chi connectivity index (χ1n) is 9.17. The van der Waals surface area contributed by atoms with E-state index in [2.05, 4.69) is 17.0 Å². The lowest BCUT2D eigenvalue weighted by molar-refractivity contribution is -0.136. The van der Waals surface area contributed by atoms with Crippen LogP contribution in [0.4, 0.5) is 18.9 Å². The number of halogens is 4. The Bertz CT molecular complexity index is 763. The minimum atomic E-state index is -4.50. The molecule has 0 unspecified atom stereocenters. The van der Waals surface area contributed by atoms with Gasteiger partial charge in [-0.15, -0.1) is 0 Å². The van der Waals surface area contributed by atoms with Crippen LogP contribution in [0.15, 0.2) is 36.4 Å². The molecule has 0 amide bonds. The number of likely N-dealkylation sites (N-methyl/N-ethyl adjacent to an activating group) is 1. The Hall–Kier alpha value is -1.92. The van der Waals surface area contributed by atoms with Crippen molar-refractivity contribution in [3.63, 3.8) is 0 Å². The molecule has 2 aromatic rings. The van der Waals surface area contributed by atoms with E-state index in [4.69, 9.17) is 22.1 Å². The number of hydrogen-bond donors (Lipinski definition) is 1. The van der Waals surface area contributed by atoms with E-state index >= 15 is 0 Å². The molecule has 7 heteroatoms. The Morgan fingerprint density at radius 1 is 1.00 bits per heavy atom. The number of rotatable bonds is 9. The molecule has 28 heavy (non-hydrogen) atoms. The Labute approximate surface area is 169 Å². The first kappa shape index (κ1) is 22.4. The first-order chi connectivity index (χ1) is 13.2. The van der Waals surface area contributed by atoms with Crippen molar-refractivity contribution in [3.8, 4) is 5.75 Å². The van der Waals surface area contributed by atoms with E-state index in [-0.39, 0.29) is 5.02 Å².